The third-order valence-electron chi connectivity index (χ3n) is 4.07. The Bertz CT molecular complexity index is 782. The molecule has 22 heavy (non-hydrogen) atoms. The van der Waals surface area contributed by atoms with Crippen molar-refractivity contribution in [2.24, 2.45) is 12.8 Å². The summed E-state index contributed by atoms with van der Waals surface area (Å²) in [6.07, 6.45) is 1.79. The first-order chi connectivity index (χ1) is 10.5. The number of ether oxygens (including phenoxy) is 1. The quantitative estimate of drug-likeness (QED) is 0.856. The molecule has 3 rings (SSSR count). The van der Waals surface area contributed by atoms with Crippen LogP contribution >= 0.6 is 11.6 Å². The first-order valence-corrected chi connectivity index (χ1v) is 7.36. The molecule has 0 bridgehead atoms. The highest BCUT2D eigenvalue weighted by molar-refractivity contribution is 6.32. The molecular weight excluding hydrogens is 304 g/mol. The van der Waals surface area contributed by atoms with Gasteiger partial charge in [0.05, 0.1) is 22.3 Å². The van der Waals surface area contributed by atoms with Crippen molar-refractivity contribution in [3.05, 3.63) is 39.2 Å². The van der Waals surface area contributed by atoms with E-state index in [-0.39, 0.29) is 17.2 Å². The Labute approximate surface area is 132 Å². The van der Waals surface area contributed by atoms with Crippen LogP contribution in [0.2, 0.25) is 5.02 Å². The molecular formula is C15H15ClN4O2. The van der Waals surface area contributed by atoms with Gasteiger partial charge in [0.25, 0.3) is 0 Å². The molecule has 1 aliphatic carbocycles. The highest BCUT2D eigenvalue weighted by Crippen LogP contribution is 2.45. The Morgan fingerprint density at radius 3 is 2.82 bits per heavy atom. The molecule has 1 atom stereocenters. The van der Waals surface area contributed by atoms with Gasteiger partial charge in [0, 0.05) is 25.5 Å². The van der Waals surface area contributed by atoms with Gasteiger partial charge in [0.1, 0.15) is 17.4 Å². The smallest absolute Gasteiger partial charge is 0.205 e. The van der Waals surface area contributed by atoms with E-state index in [2.05, 4.69) is 11.2 Å². The van der Waals surface area contributed by atoms with Gasteiger partial charge in [-0.25, -0.2) is 0 Å². The topological polar surface area (TPSA) is 93.9 Å². The molecule has 7 heteroatoms. The van der Waals surface area contributed by atoms with Crippen molar-refractivity contribution in [1.29, 1.82) is 5.26 Å². The predicted molar refractivity (Wildman–Crippen MR) is 79.5 cm³/mol. The molecule has 0 aromatic carbocycles. The lowest BCUT2D eigenvalue weighted by molar-refractivity contribution is -0.116. The predicted octanol–water partition coefficient (Wildman–Crippen LogP) is 2.20. The van der Waals surface area contributed by atoms with Gasteiger partial charge in [-0.3, -0.25) is 9.48 Å². The second kappa shape index (κ2) is 5.18. The number of nitrogens with two attached hydrogens (primary N) is 1. The fourth-order valence-corrected chi connectivity index (χ4v) is 3.36. The van der Waals surface area contributed by atoms with E-state index in [1.807, 2.05) is 0 Å². The van der Waals surface area contributed by atoms with Gasteiger partial charge in [-0.15, -0.1) is 0 Å². The Morgan fingerprint density at radius 1 is 1.50 bits per heavy atom. The van der Waals surface area contributed by atoms with E-state index in [9.17, 15) is 10.1 Å². The minimum atomic E-state index is -0.611. The summed E-state index contributed by atoms with van der Waals surface area (Å²) in [6.45, 7) is 1.78. The van der Waals surface area contributed by atoms with Crippen molar-refractivity contribution in [2.45, 2.75) is 32.1 Å². The maximum absolute atomic E-state index is 12.4. The molecule has 2 N–H and O–H groups in total. The third kappa shape index (κ3) is 2.01. The summed E-state index contributed by atoms with van der Waals surface area (Å²) >= 11 is 6.37. The SMILES string of the molecule is Cc1nn(C)c([C@H]2C(C#N)=C(N)OC3=C2C(=O)CCC3)c1Cl. The summed E-state index contributed by atoms with van der Waals surface area (Å²) < 4.78 is 7.13. The lowest BCUT2D eigenvalue weighted by atomic mass is 9.79. The van der Waals surface area contributed by atoms with Gasteiger partial charge < -0.3 is 10.5 Å². The number of aryl methyl sites for hydroxylation is 2. The number of ketones is 1. The fraction of sp³-hybridized carbons (Fsp3) is 0.400. The number of aromatic nitrogens is 2. The fourth-order valence-electron chi connectivity index (χ4n) is 3.09. The van der Waals surface area contributed by atoms with Gasteiger partial charge in [-0.05, 0) is 13.3 Å². The van der Waals surface area contributed by atoms with Crippen LogP contribution in [-0.2, 0) is 16.6 Å². The van der Waals surface area contributed by atoms with Crippen molar-refractivity contribution in [2.75, 3.05) is 0 Å². The maximum Gasteiger partial charge on any atom is 0.205 e. The number of Topliss-reactive ketones (excluding diaryl/α,β-unsaturated/α-hetero) is 1. The van der Waals surface area contributed by atoms with Crippen molar-refractivity contribution < 1.29 is 9.53 Å². The lowest BCUT2D eigenvalue weighted by Crippen LogP contribution is -2.28. The van der Waals surface area contributed by atoms with Crippen LogP contribution in [-0.4, -0.2) is 15.6 Å². The van der Waals surface area contributed by atoms with Crippen LogP contribution < -0.4 is 5.73 Å². The van der Waals surface area contributed by atoms with E-state index in [0.717, 1.165) is 6.42 Å². The molecule has 0 saturated heterocycles. The van der Waals surface area contributed by atoms with Gasteiger partial charge >= 0.3 is 0 Å². The van der Waals surface area contributed by atoms with Crippen molar-refractivity contribution in [3.63, 3.8) is 0 Å². The normalized spacial score (nSPS) is 21.5. The van der Waals surface area contributed by atoms with Crippen molar-refractivity contribution in [1.82, 2.24) is 9.78 Å². The maximum atomic E-state index is 12.4. The molecule has 0 saturated carbocycles. The third-order valence-corrected chi connectivity index (χ3v) is 4.54. The summed E-state index contributed by atoms with van der Waals surface area (Å²) in [5, 5.41) is 14.2. The largest absolute Gasteiger partial charge is 0.444 e. The molecule has 1 aromatic heterocycles. The van der Waals surface area contributed by atoms with Crippen LogP contribution in [0.15, 0.2) is 22.8 Å². The number of carbonyl (C=O) groups excluding carboxylic acids is 1. The molecule has 114 valence electrons. The minimum Gasteiger partial charge on any atom is -0.444 e. The van der Waals surface area contributed by atoms with Crippen LogP contribution in [0.25, 0.3) is 0 Å². The van der Waals surface area contributed by atoms with E-state index in [1.54, 1.807) is 18.7 Å². The van der Waals surface area contributed by atoms with E-state index in [4.69, 9.17) is 22.1 Å². The number of nitrogens with zero attached hydrogens (tertiary/aromatic N) is 3. The van der Waals surface area contributed by atoms with Crippen LogP contribution in [0.1, 0.15) is 36.6 Å². The molecule has 0 fully saturated rings. The monoisotopic (exact) mass is 318 g/mol. The number of allylic oxidation sites excluding steroid dienone is 3. The average molecular weight is 319 g/mol. The Hall–Kier alpha value is -2.26. The summed E-state index contributed by atoms with van der Waals surface area (Å²) in [6, 6.07) is 2.06. The van der Waals surface area contributed by atoms with E-state index in [1.165, 1.54) is 0 Å². The molecule has 2 heterocycles. The van der Waals surface area contributed by atoms with Gasteiger partial charge in [-0.1, -0.05) is 11.6 Å². The average Bonchev–Trinajstić information content (AvgIpc) is 2.71. The zero-order valence-electron chi connectivity index (χ0n) is 12.3. The molecule has 2 aliphatic rings. The van der Waals surface area contributed by atoms with E-state index >= 15 is 0 Å². The molecule has 0 spiro atoms. The molecule has 6 nitrogen and oxygen atoms in total. The summed E-state index contributed by atoms with van der Waals surface area (Å²) in [7, 11) is 1.74. The second-order valence-corrected chi connectivity index (χ2v) is 5.82. The Kier molecular flexibility index (Phi) is 3.45. The highest BCUT2D eigenvalue weighted by Gasteiger charge is 2.40. The van der Waals surface area contributed by atoms with Gasteiger partial charge in [0.2, 0.25) is 5.88 Å². The number of hydrogen-bond donors (Lipinski definition) is 1. The minimum absolute atomic E-state index is 0.0265. The van der Waals surface area contributed by atoms with Crippen LogP contribution in [0.4, 0.5) is 0 Å². The highest BCUT2D eigenvalue weighted by atomic mass is 35.5. The molecule has 1 aliphatic heterocycles. The number of nitriles is 1. The Morgan fingerprint density at radius 2 is 2.23 bits per heavy atom. The van der Waals surface area contributed by atoms with E-state index in [0.29, 0.717) is 40.6 Å². The van der Waals surface area contributed by atoms with Crippen molar-refractivity contribution in [3.8, 4) is 6.07 Å². The van der Waals surface area contributed by atoms with Crippen LogP contribution in [0.5, 0.6) is 0 Å². The summed E-state index contributed by atoms with van der Waals surface area (Å²) in [5.74, 6) is -0.0507. The first-order valence-electron chi connectivity index (χ1n) is 6.98. The molecule has 0 amide bonds. The van der Waals surface area contributed by atoms with Gasteiger partial charge in [0.15, 0.2) is 5.78 Å². The molecule has 0 unspecified atom stereocenters. The van der Waals surface area contributed by atoms with Crippen molar-refractivity contribution >= 4 is 17.4 Å². The molecule has 0 radical (unpaired) electrons. The molecule has 1 aromatic rings. The number of rotatable bonds is 1. The van der Waals surface area contributed by atoms with Gasteiger partial charge in [-0.2, -0.15) is 10.4 Å². The number of hydrogen-bond acceptors (Lipinski definition) is 5. The number of halogens is 1. The first kappa shape index (κ1) is 14.7. The second-order valence-electron chi connectivity index (χ2n) is 5.45. The van der Waals surface area contributed by atoms with E-state index < -0.39 is 5.92 Å². The van der Waals surface area contributed by atoms with Crippen LogP contribution in [0, 0.1) is 18.3 Å². The number of carbonyl (C=O) groups is 1. The van der Waals surface area contributed by atoms with Crippen LogP contribution in [0.3, 0.4) is 0 Å². The zero-order chi connectivity index (χ0) is 16.0. The standard InChI is InChI=1S/C15H15ClN4O2/c1-7-13(16)14(20(2)19-7)11-8(6-17)15(18)22-10-5-3-4-9(21)12(10)11/h11H,3-5,18H2,1-2H3/t11-/m0/s1. The Balaban J connectivity index is 2.27. The lowest BCUT2D eigenvalue weighted by Gasteiger charge is -2.30. The summed E-state index contributed by atoms with van der Waals surface area (Å²) in [4.78, 5) is 12.4. The zero-order valence-corrected chi connectivity index (χ0v) is 13.1. The summed E-state index contributed by atoms with van der Waals surface area (Å²) in [5.41, 5.74) is 7.84.